The SMILES string of the molecule is CCc1ccccc1NC(=O)N(C)C(CC)C(=O)O. The van der Waals surface area contributed by atoms with Crippen LogP contribution in [0.3, 0.4) is 0 Å². The van der Waals surface area contributed by atoms with Gasteiger partial charge in [0.15, 0.2) is 0 Å². The highest BCUT2D eigenvalue weighted by atomic mass is 16.4. The topological polar surface area (TPSA) is 69.6 Å². The molecule has 2 N–H and O–H groups in total. The predicted molar refractivity (Wildman–Crippen MR) is 74.3 cm³/mol. The maximum atomic E-state index is 12.0. The molecule has 1 aromatic rings. The molecule has 5 heteroatoms. The highest BCUT2D eigenvalue weighted by Crippen LogP contribution is 2.16. The lowest BCUT2D eigenvalue weighted by molar-refractivity contribution is -0.141. The van der Waals surface area contributed by atoms with E-state index in [1.54, 1.807) is 6.92 Å². The molecule has 0 aliphatic carbocycles. The molecular weight excluding hydrogens is 244 g/mol. The molecule has 5 nitrogen and oxygen atoms in total. The summed E-state index contributed by atoms with van der Waals surface area (Å²) in [6.45, 7) is 3.74. The zero-order valence-electron chi connectivity index (χ0n) is 11.5. The van der Waals surface area contributed by atoms with Gasteiger partial charge >= 0.3 is 12.0 Å². The number of nitrogens with one attached hydrogen (secondary N) is 1. The minimum atomic E-state index is -0.996. The third-order valence-electron chi connectivity index (χ3n) is 3.10. The van der Waals surface area contributed by atoms with Crippen molar-refractivity contribution in [1.29, 1.82) is 0 Å². The standard InChI is InChI=1S/C14H20N2O3/c1-4-10-8-6-7-9-11(10)15-14(19)16(3)12(5-2)13(17)18/h6-9,12H,4-5H2,1-3H3,(H,15,19)(H,17,18). The molecule has 0 aliphatic rings. The predicted octanol–water partition coefficient (Wildman–Crippen LogP) is 2.58. The summed E-state index contributed by atoms with van der Waals surface area (Å²) in [5.41, 5.74) is 1.75. The first-order valence-electron chi connectivity index (χ1n) is 6.35. The number of amides is 2. The van der Waals surface area contributed by atoms with Crippen LogP contribution in [0.4, 0.5) is 10.5 Å². The number of carboxylic acids is 1. The summed E-state index contributed by atoms with van der Waals surface area (Å²) >= 11 is 0. The number of carbonyl (C=O) groups excluding carboxylic acids is 1. The van der Waals surface area contributed by atoms with Crippen molar-refractivity contribution in [2.75, 3.05) is 12.4 Å². The number of aryl methyl sites for hydroxylation is 1. The highest BCUT2D eigenvalue weighted by Gasteiger charge is 2.24. The van der Waals surface area contributed by atoms with Crippen molar-refractivity contribution in [1.82, 2.24) is 4.90 Å². The number of likely N-dealkylation sites (N-methyl/N-ethyl adjacent to an activating group) is 1. The Morgan fingerprint density at radius 2 is 1.95 bits per heavy atom. The second kappa shape index (κ2) is 6.78. The summed E-state index contributed by atoms with van der Waals surface area (Å²) in [4.78, 5) is 24.3. The second-order valence-electron chi connectivity index (χ2n) is 4.31. The summed E-state index contributed by atoms with van der Waals surface area (Å²) in [5, 5.41) is 11.8. The Morgan fingerprint density at radius 3 is 2.47 bits per heavy atom. The molecule has 0 bridgehead atoms. The van der Waals surface area contributed by atoms with E-state index in [-0.39, 0.29) is 0 Å². The molecule has 1 atom stereocenters. The van der Waals surface area contributed by atoms with Gasteiger partial charge in [0.25, 0.3) is 0 Å². The van der Waals surface area contributed by atoms with Crippen molar-refractivity contribution in [3.63, 3.8) is 0 Å². The lowest BCUT2D eigenvalue weighted by Gasteiger charge is -2.24. The van der Waals surface area contributed by atoms with Gasteiger partial charge in [0.05, 0.1) is 0 Å². The molecule has 0 saturated carbocycles. The summed E-state index contributed by atoms with van der Waals surface area (Å²) < 4.78 is 0. The molecule has 2 amide bonds. The van der Waals surface area contributed by atoms with Crippen molar-refractivity contribution in [3.05, 3.63) is 29.8 Å². The molecule has 0 radical (unpaired) electrons. The number of urea groups is 1. The number of carboxylic acid groups (broad SMARTS) is 1. The molecule has 0 spiro atoms. The molecule has 1 rings (SSSR count). The van der Waals surface area contributed by atoms with Gasteiger partial charge in [-0.1, -0.05) is 32.0 Å². The van der Waals surface area contributed by atoms with Crippen LogP contribution in [0, 0.1) is 0 Å². The molecule has 0 saturated heterocycles. The van der Waals surface area contributed by atoms with Crippen molar-refractivity contribution in [3.8, 4) is 0 Å². The maximum absolute atomic E-state index is 12.0. The van der Waals surface area contributed by atoms with Crippen LogP contribution in [0.1, 0.15) is 25.8 Å². The lowest BCUT2D eigenvalue weighted by atomic mass is 10.1. The number of hydrogen-bond donors (Lipinski definition) is 2. The van der Waals surface area contributed by atoms with Crippen LogP contribution >= 0.6 is 0 Å². The van der Waals surface area contributed by atoms with Gasteiger partial charge in [0.2, 0.25) is 0 Å². The van der Waals surface area contributed by atoms with Gasteiger partial charge in [-0.15, -0.1) is 0 Å². The fourth-order valence-electron chi connectivity index (χ4n) is 1.91. The van der Waals surface area contributed by atoms with E-state index < -0.39 is 18.0 Å². The van der Waals surface area contributed by atoms with E-state index in [4.69, 9.17) is 5.11 Å². The van der Waals surface area contributed by atoms with Gasteiger partial charge in [-0.05, 0) is 24.5 Å². The van der Waals surface area contributed by atoms with Crippen LogP contribution in [-0.2, 0) is 11.2 Å². The smallest absolute Gasteiger partial charge is 0.326 e. The van der Waals surface area contributed by atoms with E-state index in [0.717, 1.165) is 17.7 Å². The summed E-state index contributed by atoms with van der Waals surface area (Å²) in [7, 11) is 1.49. The first-order chi connectivity index (χ1) is 9.01. The number of rotatable bonds is 5. The van der Waals surface area contributed by atoms with E-state index in [0.29, 0.717) is 6.42 Å². The van der Waals surface area contributed by atoms with Gasteiger partial charge in [-0.3, -0.25) is 0 Å². The van der Waals surface area contributed by atoms with Gasteiger partial charge in [0.1, 0.15) is 6.04 Å². The second-order valence-corrected chi connectivity index (χ2v) is 4.31. The molecule has 0 aromatic heterocycles. The quantitative estimate of drug-likeness (QED) is 0.858. The fraction of sp³-hybridized carbons (Fsp3) is 0.429. The van der Waals surface area contributed by atoms with Crippen molar-refractivity contribution >= 4 is 17.7 Å². The van der Waals surface area contributed by atoms with Crippen LogP contribution in [-0.4, -0.2) is 35.1 Å². The largest absolute Gasteiger partial charge is 0.480 e. The van der Waals surface area contributed by atoms with E-state index in [2.05, 4.69) is 5.32 Å². The van der Waals surface area contributed by atoms with Crippen LogP contribution in [0.2, 0.25) is 0 Å². The van der Waals surface area contributed by atoms with Gasteiger partial charge in [0, 0.05) is 12.7 Å². The molecule has 0 heterocycles. The number of para-hydroxylation sites is 1. The lowest BCUT2D eigenvalue weighted by Crippen LogP contribution is -2.44. The maximum Gasteiger partial charge on any atom is 0.326 e. The first-order valence-corrected chi connectivity index (χ1v) is 6.35. The Labute approximate surface area is 113 Å². The molecule has 0 fully saturated rings. The zero-order valence-corrected chi connectivity index (χ0v) is 11.5. The normalized spacial score (nSPS) is 11.7. The summed E-state index contributed by atoms with van der Waals surface area (Å²) in [6.07, 6.45) is 1.17. The molecule has 0 aliphatic heterocycles. The number of nitrogens with zero attached hydrogens (tertiary/aromatic N) is 1. The number of aliphatic carboxylic acids is 1. The monoisotopic (exact) mass is 264 g/mol. The third kappa shape index (κ3) is 3.71. The van der Waals surface area contributed by atoms with Crippen LogP contribution in [0.15, 0.2) is 24.3 Å². The molecule has 104 valence electrons. The third-order valence-corrected chi connectivity index (χ3v) is 3.10. The highest BCUT2D eigenvalue weighted by molar-refractivity contribution is 5.92. The fourth-order valence-corrected chi connectivity index (χ4v) is 1.91. The summed E-state index contributed by atoms with van der Waals surface area (Å²) in [6, 6.07) is 6.27. The molecule has 1 aromatic carbocycles. The Hall–Kier alpha value is -2.04. The Morgan fingerprint density at radius 1 is 1.32 bits per heavy atom. The van der Waals surface area contributed by atoms with Crippen LogP contribution in [0.25, 0.3) is 0 Å². The number of carbonyl (C=O) groups is 2. The van der Waals surface area contributed by atoms with E-state index in [1.807, 2.05) is 31.2 Å². The van der Waals surface area contributed by atoms with Crippen LogP contribution < -0.4 is 5.32 Å². The number of hydrogen-bond acceptors (Lipinski definition) is 2. The number of benzene rings is 1. The molecule has 19 heavy (non-hydrogen) atoms. The van der Waals surface area contributed by atoms with Gasteiger partial charge in [-0.2, -0.15) is 0 Å². The van der Waals surface area contributed by atoms with Crippen molar-refractivity contribution in [2.24, 2.45) is 0 Å². The van der Waals surface area contributed by atoms with Gasteiger partial charge in [-0.25, -0.2) is 9.59 Å². The van der Waals surface area contributed by atoms with Crippen LogP contribution in [0.5, 0.6) is 0 Å². The Bertz CT molecular complexity index is 460. The molecule has 1 unspecified atom stereocenters. The average Bonchev–Trinajstić information content (AvgIpc) is 2.39. The van der Waals surface area contributed by atoms with Gasteiger partial charge < -0.3 is 15.3 Å². The minimum Gasteiger partial charge on any atom is -0.480 e. The summed E-state index contributed by atoms with van der Waals surface area (Å²) in [5.74, 6) is -0.996. The molecular formula is C14H20N2O3. The minimum absolute atomic E-state index is 0.370. The first kappa shape index (κ1) is 15.0. The Balaban J connectivity index is 2.81. The van der Waals surface area contributed by atoms with E-state index in [1.165, 1.54) is 11.9 Å². The number of anilines is 1. The zero-order chi connectivity index (χ0) is 14.4. The average molecular weight is 264 g/mol. The van der Waals surface area contributed by atoms with E-state index in [9.17, 15) is 9.59 Å². The van der Waals surface area contributed by atoms with Crippen molar-refractivity contribution in [2.45, 2.75) is 32.7 Å². The van der Waals surface area contributed by atoms with E-state index >= 15 is 0 Å². The van der Waals surface area contributed by atoms with Crippen molar-refractivity contribution < 1.29 is 14.7 Å². The Kier molecular flexibility index (Phi) is 5.36.